The molecule has 0 aromatic heterocycles. The maximum absolute atomic E-state index is 11.5. The van der Waals surface area contributed by atoms with E-state index in [1.165, 1.54) is 12.1 Å². The van der Waals surface area contributed by atoms with Crippen molar-refractivity contribution in [3.05, 3.63) is 33.8 Å². The van der Waals surface area contributed by atoms with Crippen LogP contribution in [0.1, 0.15) is 10.4 Å². The second-order valence-electron chi connectivity index (χ2n) is 2.57. The van der Waals surface area contributed by atoms with Crippen molar-refractivity contribution in [3.8, 4) is 0 Å². The molecule has 0 unspecified atom stereocenters. The Morgan fingerprint density at radius 3 is 2.60 bits per heavy atom. The lowest BCUT2D eigenvalue weighted by atomic mass is 10.2. The van der Waals surface area contributed by atoms with Crippen molar-refractivity contribution in [1.29, 1.82) is 0 Å². The molecule has 0 aliphatic carbocycles. The third-order valence-corrected chi connectivity index (χ3v) is 2.14. The summed E-state index contributed by atoms with van der Waals surface area (Å²) in [5, 5.41) is 0.669. The molecule has 15 heavy (non-hydrogen) atoms. The summed E-state index contributed by atoms with van der Waals surface area (Å²) < 4.78 is 0. The van der Waals surface area contributed by atoms with Crippen LogP contribution in [0, 0.1) is 0 Å². The van der Waals surface area contributed by atoms with Gasteiger partial charge in [-0.15, -0.1) is 0 Å². The zero-order valence-electron chi connectivity index (χ0n) is 7.38. The van der Waals surface area contributed by atoms with Gasteiger partial charge in [-0.2, -0.15) is 0 Å². The van der Waals surface area contributed by atoms with Gasteiger partial charge < -0.3 is 5.73 Å². The quantitative estimate of drug-likeness (QED) is 0.531. The number of carbonyl (C=O) groups is 1. The molecule has 0 saturated heterocycles. The third-order valence-electron chi connectivity index (χ3n) is 1.47. The Balaban J connectivity index is 2.81. The van der Waals surface area contributed by atoms with Gasteiger partial charge in [0.25, 0.3) is 5.91 Å². The molecule has 0 atom stereocenters. The average Bonchev–Trinajstić information content (AvgIpc) is 2.18. The second-order valence-corrected chi connectivity index (χ2v) is 3.85. The van der Waals surface area contributed by atoms with Crippen LogP contribution >= 0.6 is 35.4 Å². The normalized spacial score (nSPS) is 9.47. The van der Waals surface area contributed by atoms with E-state index in [0.717, 1.165) is 0 Å². The van der Waals surface area contributed by atoms with Crippen molar-refractivity contribution in [2.24, 2.45) is 5.73 Å². The lowest BCUT2D eigenvalue weighted by molar-refractivity contribution is 0.0944. The molecule has 1 rings (SSSR count). The van der Waals surface area contributed by atoms with Gasteiger partial charge in [-0.3, -0.25) is 15.6 Å². The maximum atomic E-state index is 11.5. The molecule has 1 aromatic rings. The number of hydrogen-bond donors (Lipinski definition) is 3. The van der Waals surface area contributed by atoms with E-state index in [4.69, 9.17) is 28.9 Å². The predicted molar refractivity (Wildman–Crippen MR) is 63.8 cm³/mol. The number of amides is 1. The summed E-state index contributed by atoms with van der Waals surface area (Å²) in [7, 11) is 0. The van der Waals surface area contributed by atoms with Crippen LogP contribution in [-0.4, -0.2) is 11.0 Å². The van der Waals surface area contributed by atoms with E-state index in [2.05, 4.69) is 23.1 Å². The summed E-state index contributed by atoms with van der Waals surface area (Å²) in [4.78, 5) is 11.5. The van der Waals surface area contributed by atoms with Gasteiger partial charge >= 0.3 is 0 Å². The molecule has 1 aromatic carbocycles. The first-order valence-electron chi connectivity index (χ1n) is 3.81. The Bertz CT molecular complexity index is 411. The molecule has 0 aliphatic heterocycles. The van der Waals surface area contributed by atoms with Crippen LogP contribution in [0.4, 0.5) is 0 Å². The maximum Gasteiger partial charge on any atom is 0.271 e. The Kier molecular flexibility index (Phi) is 4.14. The van der Waals surface area contributed by atoms with Crippen molar-refractivity contribution in [1.82, 2.24) is 10.9 Å². The van der Waals surface area contributed by atoms with Gasteiger partial charge in [-0.25, -0.2) is 0 Å². The molecule has 0 fully saturated rings. The second kappa shape index (κ2) is 5.16. The fourth-order valence-electron chi connectivity index (χ4n) is 0.857. The molecule has 0 bridgehead atoms. The molecule has 7 heteroatoms. The number of hydrogen-bond acceptors (Lipinski definition) is 2. The first kappa shape index (κ1) is 12.0. The Morgan fingerprint density at radius 2 is 2.00 bits per heavy atom. The van der Waals surface area contributed by atoms with Gasteiger partial charge in [0.1, 0.15) is 0 Å². The highest BCUT2D eigenvalue weighted by molar-refractivity contribution is 7.80. The Hall–Kier alpha value is -1.04. The summed E-state index contributed by atoms with van der Waals surface area (Å²) in [6.45, 7) is 0. The molecule has 0 spiro atoms. The molecule has 0 radical (unpaired) electrons. The van der Waals surface area contributed by atoms with Crippen molar-refractivity contribution in [2.45, 2.75) is 0 Å². The molecule has 4 nitrogen and oxygen atoms in total. The number of halogens is 2. The summed E-state index contributed by atoms with van der Waals surface area (Å²) in [5.74, 6) is -0.463. The lowest BCUT2D eigenvalue weighted by Gasteiger charge is -2.07. The van der Waals surface area contributed by atoms with Crippen molar-refractivity contribution in [3.63, 3.8) is 0 Å². The summed E-state index contributed by atoms with van der Waals surface area (Å²) in [6.07, 6.45) is 0. The van der Waals surface area contributed by atoms with Gasteiger partial charge in [-0.05, 0) is 30.4 Å². The number of thiocarbonyl (C=S) groups is 1. The Morgan fingerprint density at radius 1 is 1.33 bits per heavy atom. The monoisotopic (exact) mass is 263 g/mol. The van der Waals surface area contributed by atoms with E-state index in [9.17, 15) is 4.79 Å². The number of hydrazine groups is 1. The highest BCUT2D eigenvalue weighted by Gasteiger charge is 2.10. The van der Waals surface area contributed by atoms with E-state index in [1.807, 2.05) is 0 Å². The van der Waals surface area contributed by atoms with Gasteiger partial charge in [0.2, 0.25) is 0 Å². The van der Waals surface area contributed by atoms with Gasteiger partial charge in [0, 0.05) is 5.02 Å². The van der Waals surface area contributed by atoms with Crippen molar-refractivity contribution >= 4 is 46.4 Å². The van der Waals surface area contributed by atoms with Crippen molar-refractivity contribution < 1.29 is 4.79 Å². The highest BCUT2D eigenvalue weighted by atomic mass is 35.5. The van der Waals surface area contributed by atoms with Gasteiger partial charge in [0.05, 0.1) is 10.6 Å². The lowest BCUT2D eigenvalue weighted by Crippen LogP contribution is -2.44. The van der Waals surface area contributed by atoms with E-state index >= 15 is 0 Å². The molecule has 1 amide bonds. The third kappa shape index (κ3) is 3.54. The van der Waals surface area contributed by atoms with Crippen LogP contribution in [0.3, 0.4) is 0 Å². The van der Waals surface area contributed by atoms with Crippen LogP contribution in [0.5, 0.6) is 0 Å². The van der Waals surface area contributed by atoms with Crippen molar-refractivity contribution in [2.75, 3.05) is 0 Å². The predicted octanol–water partition coefficient (Wildman–Crippen LogP) is 1.47. The topological polar surface area (TPSA) is 67.2 Å². The first-order valence-corrected chi connectivity index (χ1v) is 4.98. The summed E-state index contributed by atoms with van der Waals surface area (Å²) in [5.41, 5.74) is 9.94. The molecular weight excluding hydrogens is 257 g/mol. The van der Waals surface area contributed by atoms with Crippen LogP contribution in [0.15, 0.2) is 18.2 Å². The average molecular weight is 264 g/mol. The fraction of sp³-hybridized carbons (Fsp3) is 0. The number of nitrogens with one attached hydrogen (secondary N) is 2. The van der Waals surface area contributed by atoms with E-state index in [1.54, 1.807) is 6.07 Å². The minimum atomic E-state index is -0.463. The number of benzene rings is 1. The van der Waals surface area contributed by atoms with Crippen LogP contribution < -0.4 is 16.6 Å². The first-order chi connectivity index (χ1) is 7.00. The number of rotatable bonds is 1. The number of nitrogens with two attached hydrogens (primary N) is 1. The standard InChI is InChI=1S/C8H7Cl2N3OS/c9-4-1-2-6(10)5(3-4)7(14)12-13-8(11)15/h1-3H,(H,12,14)(H3,11,13,15). The largest absolute Gasteiger partial charge is 0.375 e. The van der Waals surface area contributed by atoms with Gasteiger partial charge in [0.15, 0.2) is 5.11 Å². The van der Waals surface area contributed by atoms with E-state index in [-0.39, 0.29) is 10.7 Å². The molecule has 0 aliphatic rings. The smallest absolute Gasteiger partial charge is 0.271 e. The molecule has 4 N–H and O–H groups in total. The van der Waals surface area contributed by atoms with Crippen LogP contribution in [0.25, 0.3) is 0 Å². The molecule has 80 valence electrons. The van der Waals surface area contributed by atoms with E-state index in [0.29, 0.717) is 10.0 Å². The fourth-order valence-corrected chi connectivity index (χ4v) is 1.28. The summed E-state index contributed by atoms with van der Waals surface area (Å²) >= 11 is 16.0. The van der Waals surface area contributed by atoms with Crippen LogP contribution in [-0.2, 0) is 0 Å². The van der Waals surface area contributed by atoms with Crippen LogP contribution in [0.2, 0.25) is 10.0 Å². The highest BCUT2D eigenvalue weighted by Crippen LogP contribution is 2.20. The Labute approximate surface area is 102 Å². The van der Waals surface area contributed by atoms with Gasteiger partial charge in [-0.1, -0.05) is 23.2 Å². The zero-order chi connectivity index (χ0) is 11.4. The minimum Gasteiger partial charge on any atom is -0.375 e. The molecule has 0 saturated carbocycles. The minimum absolute atomic E-state index is 0.0403. The number of carbonyl (C=O) groups excluding carboxylic acids is 1. The molecule has 0 heterocycles. The zero-order valence-corrected chi connectivity index (χ0v) is 9.71. The van der Waals surface area contributed by atoms with E-state index < -0.39 is 5.91 Å². The SMILES string of the molecule is NC(=S)NNC(=O)c1cc(Cl)ccc1Cl. The summed E-state index contributed by atoms with van der Waals surface area (Å²) in [6, 6.07) is 4.56. The molecular formula is C8H7Cl2N3OS.